The molecule has 30 heavy (non-hydrogen) atoms. The fourth-order valence-electron chi connectivity index (χ4n) is 3.56. The van der Waals surface area contributed by atoms with E-state index in [1.807, 2.05) is 37.3 Å². The molecular formula is C22H21N5O3. The average molecular weight is 403 g/mol. The summed E-state index contributed by atoms with van der Waals surface area (Å²) in [6, 6.07) is 15.8. The van der Waals surface area contributed by atoms with E-state index < -0.39 is 6.04 Å². The average Bonchev–Trinajstić information content (AvgIpc) is 3.17. The van der Waals surface area contributed by atoms with Gasteiger partial charge < -0.3 is 16.0 Å². The Morgan fingerprint density at radius 1 is 1.03 bits per heavy atom. The molecule has 4 rings (SSSR count). The van der Waals surface area contributed by atoms with Gasteiger partial charge in [0, 0.05) is 23.9 Å². The van der Waals surface area contributed by atoms with Crippen LogP contribution in [0.3, 0.4) is 0 Å². The van der Waals surface area contributed by atoms with E-state index in [0.717, 1.165) is 16.8 Å². The van der Waals surface area contributed by atoms with Gasteiger partial charge >= 0.3 is 0 Å². The number of amides is 3. The minimum Gasteiger partial charge on any atom is -0.326 e. The number of nitrogens with one attached hydrogen (secondary N) is 3. The summed E-state index contributed by atoms with van der Waals surface area (Å²) >= 11 is 0. The van der Waals surface area contributed by atoms with Crippen molar-refractivity contribution in [3.8, 4) is 11.1 Å². The minimum atomic E-state index is -0.713. The molecule has 3 N–H and O–H groups in total. The number of carbonyl (C=O) groups excluding carboxylic acids is 3. The number of hydrogen-bond acceptors (Lipinski definition) is 4. The predicted molar refractivity (Wildman–Crippen MR) is 114 cm³/mol. The highest BCUT2D eigenvalue weighted by Crippen LogP contribution is 2.38. The lowest BCUT2D eigenvalue weighted by Gasteiger charge is -2.10. The Balaban J connectivity index is 1.49. The van der Waals surface area contributed by atoms with E-state index in [4.69, 9.17) is 0 Å². The van der Waals surface area contributed by atoms with Gasteiger partial charge in [0.05, 0.1) is 12.1 Å². The number of aromatic nitrogens is 2. The zero-order chi connectivity index (χ0) is 21.3. The van der Waals surface area contributed by atoms with Crippen molar-refractivity contribution in [2.45, 2.75) is 26.3 Å². The molecule has 8 heteroatoms. The number of carbonyl (C=O) groups is 3. The van der Waals surface area contributed by atoms with Gasteiger partial charge in [0.25, 0.3) is 5.91 Å². The van der Waals surface area contributed by atoms with E-state index >= 15 is 0 Å². The molecule has 0 aliphatic carbocycles. The molecule has 2 heterocycles. The van der Waals surface area contributed by atoms with Crippen molar-refractivity contribution in [3.05, 3.63) is 60.3 Å². The summed E-state index contributed by atoms with van der Waals surface area (Å²) in [5, 5.41) is 12.8. The third-order valence-corrected chi connectivity index (χ3v) is 4.86. The van der Waals surface area contributed by atoms with Gasteiger partial charge in [-0.1, -0.05) is 30.3 Å². The molecule has 0 bridgehead atoms. The maximum atomic E-state index is 12.5. The SMILES string of the molecule is CC(=O)Nc1ccc(NC(=O)CC2C(=O)Nc3c(-c4ccccc4)c(C)nn32)cc1. The Hall–Kier alpha value is -3.94. The van der Waals surface area contributed by atoms with Crippen LogP contribution in [0.4, 0.5) is 17.2 Å². The monoisotopic (exact) mass is 403 g/mol. The first-order chi connectivity index (χ1) is 14.4. The molecule has 3 amide bonds. The molecule has 1 unspecified atom stereocenters. The summed E-state index contributed by atoms with van der Waals surface area (Å²) in [5.41, 5.74) is 3.83. The number of aryl methyl sites for hydroxylation is 1. The van der Waals surface area contributed by atoms with Crippen molar-refractivity contribution in [2.75, 3.05) is 16.0 Å². The molecule has 0 saturated heterocycles. The topological polar surface area (TPSA) is 105 Å². The van der Waals surface area contributed by atoms with Crippen LogP contribution < -0.4 is 16.0 Å². The molecule has 1 atom stereocenters. The van der Waals surface area contributed by atoms with E-state index in [1.165, 1.54) is 6.92 Å². The minimum absolute atomic E-state index is 0.0400. The van der Waals surface area contributed by atoms with E-state index in [-0.39, 0.29) is 24.1 Å². The van der Waals surface area contributed by atoms with Crippen molar-refractivity contribution >= 4 is 34.9 Å². The lowest BCUT2D eigenvalue weighted by Crippen LogP contribution is -2.23. The van der Waals surface area contributed by atoms with Crippen LogP contribution in [0.5, 0.6) is 0 Å². The molecule has 1 aromatic heterocycles. The first-order valence-corrected chi connectivity index (χ1v) is 9.55. The van der Waals surface area contributed by atoms with Gasteiger partial charge in [0.2, 0.25) is 11.8 Å². The molecule has 0 spiro atoms. The highest BCUT2D eigenvalue weighted by atomic mass is 16.2. The lowest BCUT2D eigenvalue weighted by molar-refractivity contribution is -0.123. The van der Waals surface area contributed by atoms with Gasteiger partial charge in [-0.05, 0) is 36.8 Å². The largest absolute Gasteiger partial charge is 0.326 e. The first-order valence-electron chi connectivity index (χ1n) is 9.55. The van der Waals surface area contributed by atoms with Crippen LogP contribution in [0, 0.1) is 6.92 Å². The molecule has 3 aromatic rings. The van der Waals surface area contributed by atoms with Crippen LogP contribution in [0.1, 0.15) is 25.1 Å². The summed E-state index contributed by atoms with van der Waals surface area (Å²) in [7, 11) is 0. The fourth-order valence-corrected chi connectivity index (χ4v) is 3.56. The second-order valence-corrected chi connectivity index (χ2v) is 7.14. The second-order valence-electron chi connectivity index (χ2n) is 7.14. The maximum Gasteiger partial charge on any atom is 0.251 e. The summed E-state index contributed by atoms with van der Waals surface area (Å²) in [5.74, 6) is -0.115. The molecule has 2 aromatic carbocycles. The molecule has 1 aliphatic rings. The number of hydrogen-bond donors (Lipinski definition) is 3. The van der Waals surface area contributed by atoms with Gasteiger partial charge in [-0.2, -0.15) is 5.10 Å². The van der Waals surface area contributed by atoms with E-state index in [2.05, 4.69) is 21.0 Å². The zero-order valence-electron chi connectivity index (χ0n) is 16.6. The maximum absolute atomic E-state index is 12.5. The Kier molecular flexibility index (Phi) is 5.05. The Labute approximate surface area is 173 Å². The second kappa shape index (κ2) is 7.82. The molecule has 0 saturated carbocycles. The summed E-state index contributed by atoms with van der Waals surface area (Å²) in [6.45, 7) is 3.31. The van der Waals surface area contributed by atoms with E-state index in [1.54, 1.807) is 28.9 Å². The van der Waals surface area contributed by atoms with Crippen molar-refractivity contribution in [1.29, 1.82) is 0 Å². The van der Waals surface area contributed by atoms with Gasteiger partial charge in [0.15, 0.2) is 0 Å². The van der Waals surface area contributed by atoms with Gasteiger partial charge in [-0.25, -0.2) is 4.68 Å². The molecule has 0 fully saturated rings. The van der Waals surface area contributed by atoms with Crippen molar-refractivity contribution in [2.24, 2.45) is 0 Å². The Morgan fingerprint density at radius 3 is 2.30 bits per heavy atom. The van der Waals surface area contributed by atoms with Gasteiger partial charge in [0.1, 0.15) is 11.9 Å². The van der Waals surface area contributed by atoms with E-state index in [9.17, 15) is 14.4 Å². The number of anilines is 3. The quantitative estimate of drug-likeness (QED) is 0.608. The van der Waals surface area contributed by atoms with Crippen LogP contribution in [0.2, 0.25) is 0 Å². The highest BCUT2D eigenvalue weighted by Gasteiger charge is 2.36. The van der Waals surface area contributed by atoms with E-state index in [0.29, 0.717) is 17.2 Å². The van der Waals surface area contributed by atoms with Crippen LogP contribution in [-0.2, 0) is 14.4 Å². The summed E-state index contributed by atoms with van der Waals surface area (Å²) in [4.78, 5) is 36.2. The fraction of sp³-hybridized carbons (Fsp3) is 0.182. The lowest BCUT2D eigenvalue weighted by atomic mass is 10.1. The number of benzene rings is 2. The smallest absolute Gasteiger partial charge is 0.251 e. The van der Waals surface area contributed by atoms with Crippen molar-refractivity contribution in [3.63, 3.8) is 0 Å². The number of nitrogens with zero attached hydrogens (tertiary/aromatic N) is 2. The van der Waals surface area contributed by atoms with Crippen molar-refractivity contribution in [1.82, 2.24) is 9.78 Å². The van der Waals surface area contributed by atoms with Crippen LogP contribution in [0.15, 0.2) is 54.6 Å². The standard InChI is InChI=1S/C22H21N5O3/c1-13-20(15-6-4-3-5-7-15)21-25-22(30)18(27(21)26-13)12-19(29)24-17-10-8-16(9-11-17)23-14(2)28/h3-11,18H,12H2,1-2H3,(H,23,28)(H,24,29)(H,25,30). The van der Waals surface area contributed by atoms with Crippen LogP contribution in [0.25, 0.3) is 11.1 Å². The predicted octanol–water partition coefficient (Wildman–Crippen LogP) is 3.34. The Bertz CT molecular complexity index is 1120. The molecular weight excluding hydrogens is 382 g/mol. The third kappa shape index (κ3) is 3.80. The number of fused-ring (bicyclic) bond motifs is 1. The highest BCUT2D eigenvalue weighted by molar-refractivity contribution is 6.04. The molecule has 0 radical (unpaired) electrons. The number of rotatable bonds is 5. The van der Waals surface area contributed by atoms with Crippen LogP contribution in [-0.4, -0.2) is 27.5 Å². The van der Waals surface area contributed by atoms with Crippen molar-refractivity contribution < 1.29 is 14.4 Å². The molecule has 8 nitrogen and oxygen atoms in total. The Morgan fingerprint density at radius 2 is 1.67 bits per heavy atom. The van der Waals surface area contributed by atoms with Gasteiger partial charge in [-0.15, -0.1) is 0 Å². The zero-order valence-corrected chi connectivity index (χ0v) is 16.6. The first kappa shape index (κ1) is 19.4. The normalized spacial score (nSPS) is 14.7. The molecule has 1 aliphatic heterocycles. The third-order valence-electron chi connectivity index (χ3n) is 4.86. The summed E-state index contributed by atoms with van der Waals surface area (Å²) in [6.07, 6.45) is -0.0400. The molecule has 152 valence electrons. The van der Waals surface area contributed by atoms with Crippen LogP contribution >= 0.6 is 0 Å². The van der Waals surface area contributed by atoms with Gasteiger partial charge in [-0.3, -0.25) is 14.4 Å². The summed E-state index contributed by atoms with van der Waals surface area (Å²) < 4.78 is 1.60.